The van der Waals surface area contributed by atoms with E-state index in [-0.39, 0.29) is 0 Å². The van der Waals surface area contributed by atoms with Crippen LogP contribution in [0.2, 0.25) is 6.04 Å². The van der Waals surface area contributed by atoms with Crippen LogP contribution in [-0.4, -0.2) is 30.1 Å². The summed E-state index contributed by atoms with van der Waals surface area (Å²) in [4.78, 5) is 0. The van der Waals surface area contributed by atoms with E-state index in [2.05, 4.69) is 6.92 Å². The van der Waals surface area contributed by atoms with E-state index < -0.39 is 8.80 Å². The number of hydrogen-bond acceptors (Lipinski definition) is 3. The first kappa shape index (κ1) is 15.2. The van der Waals surface area contributed by atoms with Gasteiger partial charge in [-0.2, -0.15) is 0 Å². The summed E-state index contributed by atoms with van der Waals surface area (Å²) in [6.45, 7) is 2.28. The molecule has 17 heavy (non-hydrogen) atoms. The van der Waals surface area contributed by atoms with Gasteiger partial charge < -0.3 is 13.3 Å². The molecule has 0 heterocycles. The molecule has 1 saturated carbocycles. The standard InChI is InChI=1S/C13H28O3Si/c1-5-6-12-7-9-13(10-8-12)11-17(14-2,15-3)16-4/h12-13H,5-11H2,1-4H3/t12-,13-. The van der Waals surface area contributed by atoms with E-state index in [0.29, 0.717) is 0 Å². The summed E-state index contributed by atoms with van der Waals surface area (Å²) >= 11 is 0. The molecule has 0 aromatic carbocycles. The van der Waals surface area contributed by atoms with Gasteiger partial charge in [0.1, 0.15) is 0 Å². The smallest absolute Gasteiger partial charge is 0.377 e. The zero-order valence-electron chi connectivity index (χ0n) is 11.8. The molecule has 0 N–H and O–H groups in total. The minimum Gasteiger partial charge on any atom is -0.377 e. The fraction of sp³-hybridized carbons (Fsp3) is 1.00. The highest BCUT2D eigenvalue weighted by atomic mass is 28.4. The van der Waals surface area contributed by atoms with Gasteiger partial charge in [-0.3, -0.25) is 0 Å². The van der Waals surface area contributed by atoms with Crippen LogP contribution in [-0.2, 0) is 13.3 Å². The fourth-order valence-corrected chi connectivity index (χ4v) is 5.10. The molecule has 0 aromatic heterocycles. The summed E-state index contributed by atoms with van der Waals surface area (Å²) in [6, 6.07) is 0.981. The second-order valence-corrected chi connectivity index (χ2v) is 8.17. The normalized spacial score (nSPS) is 26.1. The molecular formula is C13H28O3Si. The molecule has 0 atom stereocenters. The van der Waals surface area contributed by atoms with E-state index in [1.165, 1.54) is 38.5 Å². The molecule has 0 radical (unpaired) electrons. The Morgan fingerprint density at radius 3 is 1.76 bits per heavy atom. The molecule has 0 spiro atoms. The molecular weight excluding hydrogens is 232 g/mol. The summed E-state index contributed by atoms with van der Waals surface area (Å²) < 4.78 is 16.5. The van der Waals surface area contributed by atoms with E-state index in [4.69, 9.17) is 13.3 Å². The van der Waals surface area contributed by atoms with E-state index in [1.54, 1.807) is 21.3 Å². The van der Waals surface area contributed by atoms with E-state index in [0.717, 1.165) is 17.9 Å². The van der Waals surface area contributed by atoms with Crippen molar-refractivity contribution >= 4 is 8.80 Å². The maximum Gasteiger partial charge on any atom is 0.500 e. The lowest BCUT2D eigenvalue weighted by Crippen LogP contribution is -2.44. The van der Waals surface area contributed by atoms with Crippen molar-refractivity contribution in [1.29, 1.82) is 0 Å². The van der Waals surface area contributed by atoms with Crippen molar-refractivity contribution in [3.8, 4) is 0 Å². The highest BCUT2D eigenvalue weighted by molar-refractivity contribution is 6.60. The van der Waals surface area contributed by atoms with Gasteiger partial charge in [0, 0.05) is 27.4 Å². The van der Waals surface area contributed by atoms with Crippen LogP contribution >= 0.6 is 0 Å². The summed E-state index contributed by atoms with van der Waals surface area (Å²) in [6.07, 6.45) is 8.10. The summed E-state index contributed by atoms with van der Waals surface area (Å²) in [7, 11) is 2.79. The molecule has 1 aliphatic rings. The van der Waals surface area contributed by atoms with Gasteiger partial charge in [0.05, 0.1) is 0 Å². The Morgan fingerprint density at radius 1 is 0.882 bits per heavy atom. The first-order chi connectivity index (χ1) is 8.19. The lowest BCUT2D eigenvalue weighted by atomic mass is 9.81. The Labute approximate surface area is 107 Å². The van der Waals surface area contributed by atoms with Crippen molar-refractivity contribution in [2.45, 2.75) is 51.5 Å². The van der Waals surface area contributed by atoms with Crippen LogP contribution in [0, 0.1) is 11.8 Å². The molecule has 0 amide bonds. The van der Waals surface area contributed by atoms with Crippen molar-refractivity contribution in [2.75, 3.05) is 21.3 Å². The van der Waals surface area contributed by atoms with Gasteiger partial charge in [0.15, 0.2) is 0 Å². The Kier molecular flexibility index (Phi) is 6.70. The van der Waals surface area contributed by atoms with E-state index in [9.17, 15) is 0 Å². The fourth-order valence-electron chi connectivity index (χ4n) is 2.99. The Bertz CT molecular complexity index is 191. The average Bonchev–Trinajstić information content (AvgIpc) is 2.39. The molecule has 3 nitrogen and oxygen atoms in total. The maximum absolute atomic E-state index is 5.51. The summed E-state index contributed by atoms with van der Waals surface area (Å²) in [5.41, 5.74) is 0. The Morgan fingerprint density at radius 2 is 1.35 bits per heavy atom. The third kappa shape index (κ3) is 4.36. The summed E-state index contributed by atoms with van der Waals surface area (Å²) in [5.74, 6) is 1.69. The third-order valence-electron chi connectivity index (χ3n) is 4.13. The number of rotatable bonds is 7. The Balaban J connectivity index is 2.38. The van der Waals surface area contributed by atoms with Crippen molar-refractivity contribution in [1.82, 2.24) is 0 Å². The lowest BCUT2D eigenvalue weighted by Gasteiger charge is -2.33. The van der Waals surface area contributed by atoms with Crippen LogP contribution in [0.5, 0.6) is 0 Å². The van der Waals surface area contributed by atoms with Gasteiger partial charge in [0.2, 0.25) is 0 Å². The van der Waals surface area contributed by atoms with Crippen LogP contribution in [0.4, 0.5) is 0 Å². The minimum atomic E-state index is -2.35. The zero-order valence-corrected chi connectivity index (χ0v) is 12.8. The highest BCUT2D eigenvalue weighted by Crippen LogP contribution is 2.36. The molecule has 0 aliphatic heterocycles. The summed E-state index contributed by atoms with van der Waals surface area (Å²) in [5, 5.41) is 0. The molecule has 102 valence electrons. The zero-order chi connectivity index (χ0) is 12.7. The molecule has 0 saturated heterocycles. The van der Waals surface area contributed by atoms with Crippen LogP contribution in [0.1, 0.15) is 45.4 Å². The first-order valence-corrected chi connectivity index (χ1v) is 8.78. The van der Waals surface area contributed by atoms with Crippen LogP contribution < -0.4 is 0 Å². The van der Waals surface area contributed by atoms with Gasteiger partial charge in [-0.15, -0.1) is 0 Å². The molecule has 0 aromatic rings. The van der Waals surface area contributed by atoms with Crippen molar-refractivity contribution < 1.29 is 13.3 Å². The average molecular weight is 260 g/mol. The molecule has 1 rings (SSSR count). The van der Waals surface area contributed by atoms with E-state index >= 15 is 0 Å². The van der Waals surface area contributed by atoms with Crippen molar-refractivity contribution in [3.63, 3.8) is 0 Å². The molecule has 1 fully saturated rings. The molecule has 0 unspecified atom stereocenters. The SMILES string of the molecule is CCC[C@H]1CC[C@H](C[Si](OC)(OC)OC)CC1. The van der Waals surface area contributed by atoms with Crippen molar-refractivity contribution in [2.24, 2.45) is 11.8 Å². The molecule has 4 heteroatoms. The largest absolute Gasteiger partial charge is 0.500 e. The third-order valence-corrected chi connectivity index (χ3v) is 7.08. The van der Waals surface area contributed by atoms with Crippen LogP contribution in [0.15, 0.2) is 0 Å². The maximum atomic E-state index is 5.51. The predicted molar refractivity (Wildman–Crippen MR) is 71.9 cm³/mol. The Hall–Kier alpha value is 0.0969. The van der Waals surface area contributed by atoms with Gasteiger partial charge in [-0.1, -0.05) is 45.4 Å². The van der Waals surface area contributed by atoms with Gasteiger partial charge in [-0.05, 0) is 11.8 Å². The number of hydrogen-bond donors (Lipinski definition) is 0. The molecule has 1 aliphatic carbocycles. The monoisotopic (exact) mass is 260 g/mol. The van der Waals surface area contributed by atoms with Gasteiger partial charge >= 0.3 is 8.80 Å². The van der Waals surface area contributed by atoms with E-state index in [1.807, 2.05) is 0 Å². The van der Waals surface area contributed by atoms with Crippen molar-refractivity contribution in [3.05, 3.63) is 0 Å². The predicted octanol–water partition coefficient (Wildman–Crippen LogP) is 3.47. The van der Waals surface area contributed by atoms with Gasteiger partial charge in [-0.25, -0.2) is 0 Å². The quantitative estimate of drug-likeness (QED) is 0.656. The first-order valence-electron chi connectivity index (χ1n) is 6.85. The topological polar surface area (TPSA) is 27.7 Å². The van der Waals surface area contributed by atoms with Crippen LogP contribution in [0.25, 0.3) is 0 Å². The molecule has 0 bridgehead atoms. The minimum absolute atomic E-state index is 0.731. The highest BCUT2D eigenvalue weighted by Gasteiger charge is 2.41. The second kappa shape index (κ2) is 7.51. The lowest BCUT2D eigenvalue weighted by molar-refractivity contribution is 0.112. The second-order valence-electron chi connectivity index (χ2n) is 5.17. The van der Waals surface area contributed by atoms with Gasteiger partial charge in [0.25, 0.3) is 0 Å². The van der Waals surface area contributed by atoms with Crippen LogP contribution in [0.3, 0.4) is 0 Å².